The average molecular weight is 741 g/mol. The number of carbonyl (C=O) groups excluding carboxylic acids is 2. The van der Waals surface area contributed by atoms with E-state index in [0.29, 0.717) is 59.8 Å². The van der Waals surface area contributed by atoms with E-state index in [9.17, 15) is 19.8 Å². The SMILES string of the molecule is CCOC(C)OC(C)c1ccc2c(c1C(=O)[O-])Cc1ccccc1O2.CCOC(C)OC(C)c1ccc2c(c1C(=O)[O-])Cc1ccccc1O2.[Ni+2]. The number of para-hydroxylation sites is 2. The van der Waals surface area contributed by atoms with Gasteiger partial charge in [-0.05, 0) is 88.1 Å². The summed E-state index contributed by atoms with van der Waals surface area (Å²) in [6.07, 6.45) is -0.786. The van der Waals surface area contributed by atoms with Crippen LogP contribution in [0.15, 0.2) is 72.8 Å². The van der Waals surface area contributed by atoms with Gasteiger partial charge in [0.1, 0.15) is 23.0 Å². The quantitative estimate of drug-likeness (QED) is 0.102. The number of fused-ring (bicyclic) bond motifs is 4. The number of carboxylic acid groups (broad SMARTS) is 2. The van der Waals surface area contributed by atoms with Gasteiger partial charge < -0.3 is 48.2 Å². The molecule has 0 aliphatic carbocycles. The number of aromatic carboxylic acids is 2. The Kier molecular flexibility index (Phi) is 13.8. The number of carboxylic acids is 2. The summed E-state index contributed by atoms with van der Waals surface area (Å²) in [5.41, 5.74) is 4.55. The Morgan fingerprint density at radius 2 is 0.980 bits per heavy atom. The molecule has 0 N–H and O–H groups in total. The van der Waals surface area contributed by atoms with Gasteiger partial charge in [0.25, 0.3) is 0 Å². The summed E-state index contributed by atoms with van der Waals surface area (Å²) < 4.78 is 34.0. The summed E-state index contributed by atoms with van der Waals surface area (Å²) in [7, 11) is 0. The van der Waals surface area contributed by atoms with Crippen molar-refractivity contribution in [2.75, 3.05) is 13.2 Å². The van der Waals surface area contributed by atoms with Crippen LogP contribution in [0.2, 0.25) is 0 Å². The molecule has 4 aromatic carbocycles. The Hall–Kier alpha value is -4.25. The number of ether oxygens (including phenoxy) is 6. The predicted octanol–water partition coefficient (Wildman–Crippen LogP) is 6.41. The molecule has 11 heteroatoms. The predicted molar refractivity (Wildman–Crippen MR) is 181 cm³/mol. The van der Waals surface area contributed by atoms with E-state index in [1.807, 2.05) is 62.4 Å². The molecule has 0 saturated heterocycles. The van der Waals surface area contributed by atoms with Crippen LogP contribution in [-0.4, -0.2) is 37.7 Å². The molecule has 0 radical (unpaired) electrons. The molecule has 0 fully saturated rings. The second-order valence-electron chi connectivity index (χ2n) is 12.0. The van der Waals surface area contributed by atoms with Crippen molar-refractivity contribution in [3.05, 3.63) is 117 Å². The molecule has 2 heterocycles. The minimum Gasteiger partial charge on any atom is -0.545 e. The van der Waals surface area contributed by atoms with Crippen molar-refractivity contribution in [2.45, 2.75) is 79.2 Å². The monoisotopic (exact) mass is 740 g/mol. The maximum absolute atomic E-state index is 11.9. The van der Waals surface area contributed by atoms with Gasteiger partial charge in [0.05, 0.1) is 24.1 Å². The van der Waals surface area contributed by atoms with E-state index in [1.165, 1.54) is 0 Å². The van der Waals surface area contributed by atoms with Crippen LogP contribution in [0.3, 0.4) is 0 Å². The van der Waals surface area contributed by atoms with Gasteiger partial charge in [0.15, 0.2) is 12.6 Å². The van der Waals surface area contributed by atoms with Crippen molar-refractivity contribution >= 4 is 11.9 Å². The first-order valence-corrected chi connectivity index (χ1v) is 16.8. The second-order valence-corrected chi connectivity index (χ2v) is 12.0. The zero-order valence-electron chi connectivity index (χ0n) is 29.5. The van der Waals surface area contributed by atoms with Crippen LogP contribution in [0.4, 0.5) is 0 Å². The molecule has 0 spiro atoms. The summed E-state index contributed by atoms with van der Waals surface area (Å²) in [6.45, 7) is 12.0. The van der Waals surface area contributed by atoms with E-state index in [1.54, 1.807) is 52.0 Å². The van der Waals surface area contributed by atoms with Crippen LogP contribution in [0, 0.1) is 0 Å². The average Bonchev–Trinajstić information content (AvgIpc) is 3.08. The second kappa shape index (κ2) is 17.8. The minimum absolute atomic E-state index is 0. The molecule has 2 aliphatic rings. The van der Waals surface area contributed by atoms with E-state index in [0.717, 1.165) is 22.6 Å². The van der Waals surface area contributed by atoms with Crippen LogP contribution >= 0.6 is 0 Å². The Morgan fingerprint density at radius 3 is 1.33 bits per heavy atom. The molecule has 0 saturated carbocycles. The Morgan fingerprint density at radius 1 is 0.608 bits per heavy atom. The largest absolute Gasteiger partial charge is 2.00 e. The summed E-state index contributed by atoms with van der Waals surface area (Å²) >= 11 is 0. The van der Waals surface area contributed by atoms with Gasteiger partial charge in [0, 0.05) is 48.3 Å². The first-order chi connectivity index (χ1) is 24.0. The molecule has 0 amide bonds. The van der Waals surface area contributed by atoms with Gasteiger partial charge in [-0.2, -0.15) is 0 Å². The normalized spacial score (nSPS) is 14.5. The van der Waals surface area contributed by atoms with Crippen LogP contribution in [0.5, 0.6) is 23.0 Å². The fraction of sp³-hybridized carbons (Fsp3) is 0.350. The maximum Gasteiger partial charge on any atom is 2.00 e. The molecule has 6 rings (SSSR count). The molecule has 10 nitrogen and oxygen atoms in total. The molecule has 4 unspecified atom stereocenters. The molecular formula is C40H42NiO10. The fourth-order valence-corrected chi connectivity index (χ4v) is 6.38. The summed E-state index contributed by atoms with van der Waals surface area (Å²) in [6, 6.07) is 22.2. The topological polar surface area (TPSA) is 136 Å². The molecular weight excluding hydrogens is 699 g/mol. The number of benzene rings is 4. The fourth-order valence-electron chi connectivity index (χ4n) is 6.38. The van der Waals surface area contributed by atoms with Crippen LogP contribution in [-0.2, 0) is 48.3 Å². The van der Waals surface area contributed by atoms with E-state index in [-0.39, 0.29) is 27.6 Å². The van der Waals surface area contributed by atoms with Crippen molar-refractivity contribution in [3.63, 3.8) is 0 Å². The first-order valence-electron chi connectivity index (χ1n) is 16.8. The van der Waals surface area contributed by atoms with Crippen LogP contribution in [0.1, 0.15) is 108 Å². The van der Waals surface area contributed by atoms with Gasteiger partial charge in [0.2, 0.25) is 0 Å². The van der Waals surface area contributed by atoms with E-state index in [4.69, 9.17) is 28.4 Å². The zero-order valence-corrected chi connectivity index (χ0v) is 30.5. The molecule has 272 valence electrons. The minimum atomic E-state index is -1.23. The molecule has 4 aromatic rings. The zero-order chi connectivity index (χ0) is 35.9. The van der Waals surface area contributed by atoms with Crippen molar-refractivity contribution in [2.24, 2.45) is 0 Å². The molecule has 4 atom stereocenters. The molecule has 0 aromatic heterocycles. The van der Waals surface area contributed by atoms with Gasteiger partial charge >= 0.3 is 16.5 Å². The van der Waals surface area contributed by atoms with Gasteiger partial charge in [-0.25, -0.2) is 0 Å². The Balaban J connectivity index is 0.000000224. The molecule has 51 heavy (non-hydrogen) atoms. The first kappa shape index (κ1) is 39.5. The summed E-state index contributed by atoms with van der Waals surface area (Å²) in [4.78, 5) is 23.7. The summed E-state index contributed by atoms with van der Waals surface area (Å²) in [5.74, 6) is 0.143. The van der Waals surface area contributed by atoms with Crippen molar-refractivity contribution < 1.29 is 64.7 Å². The standard InChI is InChI=1S/2C20H22O5.Ni/c2*1-4-23-13(3)24-12(2)15-9-10-18-16(19(15)20(21)22)11-14-7-5-6-8-17(14)25-18;/h2*5-10,12-13H,4,11H2,1-3H3,(H,21,22);/q;;+2/p-2. The number of rotatable bonds is 12. The maximum atomic E-state index is 11.9. The Labute approximate surface area is 308 Å². The van der Waals surface area contributed by atoms with E-state index < -0.39 is 36.7 Å². The van der Waals surface area contributed by atoms with Gasteiger partial charge in [-0.15, -0.1) is 0 Å². The third kappa shape index (κ3) is 9.17. The number of hydrogen-bond donors (Lipinski definition) is 0. The third-order valence-corrected chi connectivity index (χ3v) is 8.60. The third-order valence-electron chi connectivity index (χ3n) is 8.60. The Bertz CT molecular complexity index is 1710. The van der Waals surface area contributed by atoms with E-state index in [2.05, 4.69) is 0 Å². The van der Waals surface area contributed by atoms with Gasteiger partial charge in [-0.1, -0.05) is 48.5 Å². The smallest absolute Gasteiger partial charge is 0.545 e. The van der Waals surface area contributed by atoms with Crippen LogP contribution in [0.25, 0.3) is 0 Å². The number of carbonyl (C=O) groups is 2. The van der Waals surface area contributed by atoms with Crippen molar-refractivity contribution in [1.29, 1.82) is 0 Å². The molecule has 2 aliphatic heterocycles. The summed E-state index contributed by atoms with van der Waals surface area (Å²) in [5, 5.41) is 23.7. The van der Waals surface area contributed by atoms with Crippen molar-refractivity contribution in [1.82, 2.24) is 0 Å². The van der Waals surface area contributed by atoms with Crippen molar-refractivity contribution in [3.8, 4) is 23.0 Å². The van der Waals surface area contributed by atoms with Crippen LogP contribution < -0.4 is 19.7 Å². The van der Waals surface area contributed by atoms with Gasteiger partial charge in [-0.3, -0.25) is 0 Å². The number of hydrogen-bond acceptors (Lipinski definition) is 10. The molecule has 0 bridgehead atoms. The van der Waals surface area contributed by atoms with E-state index >= 15 is 0 Å².